The summed E-state index contributed by atoms with van der Waals surface area (Å²) in [6, 6.07) is 21.1. The molecule has 3 aromatic carbocycles. The van der Waals surface area contributed by atoms with Gasteiger partial charge in [0.2, 0.25) is 16.6 Å². The van der Waals surface area contributed by atoms with Crippen LogP contribution in [0.4, 0.5) is 0 Å². The van der Waals surface area contributed by atoms with Crippen molar-refractivity contribution in [1.82, 2.24) is 4.90 Å². The van der Waals surface area contributed by atoms with Crippen molar-refractivity contribution in [3.63, 3.8) is 0 Å². The normalized spacial score (nSPS) is 16.7. The zero-order valence-corrected chi connectivity index (χ0v) is 32.7. The zero-order valence-electron chi connectivity index (χ0n) is 30.7. The lowest BCUT2D eigenvalue weighted by Crippen LogP contribution is -2.43. The molecule has 47 heavy (non-hydrogen) atoms. The van der Waals surface area contributed by atoms with Gasteiger partial charge in [-0.25, -0.2) is 0 Å². The van der Waals surface area contributed by atoms with Crippen LogP contribution >= 0.6 is 0 Å². The summed E-state index contributed by atoms with van der Waals surface area (Å²) in [5.74, 6) is 4.26. The van der Waals surface area contributed by atoms with Gasteiger partial charge in [0.05, 0.1) is 6.61 Å². The van der Waals surface area contributed by atoms with Gasteiger partial charge in [-0.05, 0) is 97.9 Å². The minimum Gasteiger partial charge on any atom is -0.543 e. The number of benzene rings is 3. The first kappa shape index (κ1) is 35.1. The van der Waals surface area contributed by atoms with Crippen LogP contribution in [0.3, 0.4) is 0 Å². The van der Waals surface area contributed by atoms with Gasteiger partial charge in [-0.3, -0.25) is 0 Å². The lowest BCUT2D eigenvalue weighted by atomic mass is 9.84. The molecule has 254 valence electrons. The number of hydrogen-bond acceptors (Lipinski definition) is 6. The Morgan fingerprint density at radius 3 is 1.81 bits per heavy atom. The molecule has 1 atom stereocenters. The molecule has 0 unspecified atom stereocenters. The Hall–Kier alpha value is -3.21. The predicted octanol–water partition coefficient (Wildman–Crippen LogP) is 10.2. The van der Waals surface area contributed by atoms with Crippen LogP contribution in [0.15, 0.2) is 60.7 Å². The van der Waals surface area contributed by atoms with E-state index in [-0.39, 0.29) is 16.2 Å². The predicted molar refractivity (Wildman–Crippen MR) is 199 cm³/mol. The second-order valence-electron chi connectivity index (χ2n) is 16.3. The molecular formula is C39H55NO5Si2. The fourth-order valence-corrected chi connectivity index (χ4v) is 7.41. The van der Waals surface area contributed by atoms with E-state index in [4.69, 9.17) is 23.1 Å². The number of ether oxygens (including phenoxy) is 3. The van der Waals surface area contributed by atoms with Crippen molar-refractivity contribution in [2.75, 3.05) is 33.9 Å². The van der Waals surface area contributed by atoms with Gasteiger partial charge in [0, 0.05) is 41.8 Å². The summed E-state index contributed by atoms with van der Waals surface area (Å²) >= 11 is 0. The topological polar surface area (TPSA) is 49.4 Å². The third-order valence-corrected chi connectivity index (χ3v) is 19.0. The van der Waals surface area contributed by atoms with Crippen molar-refractivity contribution < 1.29 is 23.1 Å². The Morgan fingerprint density at radius 2 is 1.26 bits per heavy atom. The van der Waals surface area contributed by atoms with Crippen molar-refractivity contribution in [2.45, 2.75) is 90.3 Å². The molecule has 0 aromatic heterocycles. The molecule has 0 amide bonds. The average Bonchev–Trinajstić information content (AvgIpc) is 3.15. The molecule has 8 heteroatoms. The maximum absolute atomic E-state index is 7.00. The van der Waals surface area contributed by atoms with E-state index in [1.54, 1.807) is 0 Å². The molecular weight excluding hydrogens is 619 g/mol. The second kappa shape index (κ2) is 13.0. The van der Waals surface area contributed by atoms with Gasteiger partial charge in [-0.15, -0.1) is 0 Å². The van der Waals surface area contributed by atoms with Crippen molar-refractivity contribution in [1.29, 1.82) is 0 Å². The van der Waals surface area contributed by atoms with E-state index in [9.17, 15) is 0 Å². The molecule has 0 saturated carbocycles. The molecule has 5 rings (SSSR count). The maximum atomic E-state index is 7.00. The molecule has 0 N–H and O–H groups in total. The van der Waals surface area contributed by atoms with Gasteiger partial charge in [-0.2, -0.15) is 0 Å². The molecule has 0 aliphatic carbocycles. The van der Waals surface area contributed by atoms with Gasteiger partial charge in [-0.1, -0.05) is 53.7 Å². The lowest BCUT2D eigenvalue weighted by Gasteiger charge is -2.37. The van der Waals surface area contributed by atoms with Gasteiger partial charge in [0.15, 0.2) is 0 Å². The van der Waals surface area contributed by atoms with E-state index in [2.05, 4.69) is 135 Å². The summed E-state index contributed by atoms with van der Waals surface area (Å²) < 4.78 is 32.9. The minimum atomic E-state index is -2.03. The van der Waals surface area contributed by atoms with Crippen LogP contribution in [0.5, 0.6) is 28.7 Å². The Labute approximate surface area is 285 Å². The first-order valence-electron chi connectivity index (χ1n) is 16.9. The van der Waals surface area contributed by atoms with Gasteiger partial charge >= 0.3 is 0 Å². The van der Waals surface area contributed by atoms with Crippen LogP contribution in [0, 0.1) is 0 Å². The maximum Gasteiger partial charge on any atom is 0.250 e. The Balaban J connectivity index is 1.58. The van der Waals surface area contributed by atoms with Crippen LogP contribution in [0.1, 0.15) is 70.8 Å². The third kappa shape index (κ3) is 7.60. The average molecular weight is 674 g/mol. The quantitative estimate of drug-likeness (QED) is 0.211. The lowest BCUT2D eigenvalue weighted by molar-refractivity contribution is 0.256. The standard InChI is InChI=1S/C39H55NO5Si2/c1-38(2,3)46(9,10)44-29-18-20-33-34(25-29)42-23-21-32-31-19-17-30(45-47(11,12)39(4,5)6)26-35(31)43-37(36(32)33)27-13-15-28(16-14-27)41-24-22-40(7)8/h13-20,25-26,37H,21-24H2,1-12H3/t37-/m0/s1. The molecule has 0 fully saturated rings. The van der Waals surface area contributed by atoms with Crippen molar-refractivity contribution in [2.24, 2.45) is 0 Å². The number of likely N-dealkylation sites (N-methyl/N-ethyl adjacent to an activating group) is 1. The summed E-state index contributed by atoms with van der Waals surface area (Å²) in [5.41, 5.74) is 5.60. The Bertz CT molecular complexity index is 1610. The summed E-state index contributed by atoms with van der Waals surface area (Å²) in [4.78, 5) is 2.12. The molecule has 0 bridgehead atoms. The molecule has 2 heterocycles. The third-order valence-electron chi connectivity index (χ3n) is 10.3. The highest BCUT2D eigenvalue weighted by Gasteiger charge is 2.41. The number of hydrogen-bond donors (Lipinski definition) is 0. The van der Waals surface area contributed by atoms with Gasteiger partial charge in [0.1, 0.15) is 41.5 Å². The second-order valence-corrected chi connectivity index (χ2v) is 25.7. The summed E-state index contributed by atoms with van der Waals surface area (Å²) in [7, 11) is 0.0438. The smallest absolute Gasteiger partial charge is 0.250 e. The monoisotopic (exact) mass is 673 g/mol. The van der Waals surface area contributed by atoms with Gasteiger partial charge < -0.3 is 28.0 Å². The van der Waals surface area contributed by atoms with Crippen LogP contribution in [0.25, 0.3) is 11.1 Å². The van der Waals surface area contributed by atoms with Crippen LogP contribution in [0.2, 0.25) is 36.3 Å². The molecule has 3 aromatic rings. The highest BCUT2D eigenvalue weighted by Crippen LogP contribution is 2.53. The Kier molecular flexibility index (Phi) is 9.72. The highest BCUT2D eigenvalue weighted by atomic mass is 28.4. The first-order chi connectivity index (χ1) is 21.9. The molecule has 2 aliphatic heterocycles. The zero-order chi connectivity index (χ0) is 34.4. The summed E-state index contributed by atoms with van der Waals surface area (Å²) in [6.07, 6.45) is 0.438. The molecule has 0 radical (unpaired) electrons. The van der Waals surface area contributed by atoms with Crippen molar-refractivity contribution in [3.05, 3.63) is 77.4 Å². The molecule has 0 saturated heterocycles. The fourth-order valence-electron chi connectivity index (χ4n) is 5.36. The fraction of sp³-hybridized carbons (Fsp3) is 0.487. The number of fused-ring (bicyclic) bond motifs is 4. The van der Waals surface area contributed by atoms with E-state index in [1.807, 2.05) is 12.1 Å². The molecule has 0 spiro atoms. The van der Waals surface area contributed by atoms with E-state index >= 15 is 0 Å². The van der Waals surface area contributed by atoms with Gasteiger partial charge in [0.25, 0.3) is 0 Å². The summed E-state index contributed by atoms with van der Waals surface area (Å²) in [5, 5.41) is 0.186. The van der Waals surface area contributed by atoms with Crippen LogP contribution in [-0.2, 0) is 0 Å². The number of nitrogens with zero attached hydrogens (tertiary/aromatic N) is 1. The molecule has 2 aliphatic rings. The highest BCUT2D eigenvalue weighted by molar-refractivity contribution is 6.75. The largest absolute Gasteiger partial charge is 0.543 e. The van der Waals surface area contributed by atoms with Crippen molar-refractivity contribution in [3.8, 4) is 28.7 Å². The molecule has 6 nitrogen and oxygen atoms in total. The number of rotatable bonds is 9. The van der Waals surface area contributed by atoms with Crippen LogP contribution < -0.4 is 23.1 Å². The Morgan fingerprint density at radius 1 is 0.723 bits per heavy atom. The van der Waals surface area contributed by atoms with E-state index in [0.29, 0.717) is 13.2 Å². The van der Waals surface area contributed by atoms with E-state index in [1.165, 1.54) is 5.57 Å². The van der Waals surface area contributed by atoms with E-state index in [0.717, 1.165) is 64.0 Å². The van der Waals surface area contributed by atoms with E-state index < -0.39 is 16.6 Å². The van der Waals surface area contributed by atoms with Crippen LogP contribution in [-0.4, -0.2) is 55.4 Å². The first-order valence-corrected chi connectivity index (χ1v) is 22.7. The minimum absolute atomic E-state index is 0.0911. The van der Waals surface area contributed by atoms with Crippen molar-refractivity contribution >= 4 is 27.8 Å². The SMILES string of the molecule is CN(C)CCOc1ccc([C@@H]2Oc3cc(O[Si](C)(C)C(C)(C)C)ccc3C3=C2c2ccc(O[Si](C)(C)C(C)(C)C)cc2OCC3)cc1. The summed E-state index contributed by atoms with van der Waals surface area (Å²) in [6.45, 7) is 24.8.